The summed E-state index contributed by atoms with van der Waals surface area (Å²) in [5, 5.41) is 22.8. The average Bonchev–Trinajstić information content (AvgIpc) is 3.21. The van der Waals surface area contributed by atoms with Crippen LogP contribution in [-0.2, 0) is 6.42 Å². The maximum atomic E-state index is 12.8. The standard InChI is InChI=1S/C22H28N6O2/c1-12-19-17(10-22(2,3)11-18(19)30)28(26-12)13-8-15-20(21(23)25-24-15)16(9-13)27-6-4-14(29)5-7-27/h8-9,14,29H,4-7,10-11H2,1-3H3,(H3,23,24,25). The number of piperidine rings is 1. The summed E-state index contributed by atoms with van der Waals surface area (Å²) in [6, 6.07) is 4.09. The minimum absolute atomic E-state index is 0.0946. The number of H-pyrrole nitrogens is 1. The predicted octanol–water partition coefficient (Wildman–Crippen LogP) is 2.76. The fraction of sp³-hybridized carbons (Fsp3) is 0.500. The zero-order valence-electron chi connectivity index (χ0n) is 17.7. The molecule has 1 aliphatic heterocycles. The number of rotatable bonds is 2. The third kappa shape index (κ3) is 2.98. The molecule has 0 unspecified atom stereocenters. The number of carbonyl (C=O) groups excluding carboxylic acids is 1. The van der Waals surface area contributed by atoms with E-state index in [1.54, 1.807) is 0 Å². The van der Waals surface area contributed by atoms with E-state index >= 15 is 0 Å². The van der Waals surface area contributed by atoms with Crippen molar-refractivity contribution in [3.05, 3.63) is 29.1 Å². The highest BCUT2D eigenvalue weighted by atomic mass is 16.3. The number of aliphatic hydroxyl groups excluding tert-OH is 1. The Morgan fingerprint density at radius 1 is 1.23 bits per heavy atom. The number of ketones is 1. The van der Waals surface area contributed by atoms with Gasteiger partial charge in [0.15, 0.2) is 11.6 Å². The van der Waals surface area contributed by atoms with Crippen LogP contribution in [0.5, 0.6) is 0 Å². The summed E-state index contributed by atoms with van der Waals surface area (Å²) < 4.78 is 1.92. The first-order valence-electron chi connectivity index (χ1n) is 10.6. The quantitative estimate of drug-likeness (QED) is 0.601. The molecule has 8 nitrogen and oxygen atoms in total. The molecule has 158 valence electrons. The second-order valence-electron chi connectivity index (χ2n) is 9.47. The Morgan fingerprint density at radius 2 is 1.97 bits per heavy atom. The lowest BCUT2D eigenvalue weighted by Gasteiger charge is -2.32. The van der Waals surface area contributed by atoms with Gasteiger partial charge < -0.3 is 15.7 Å². The zero-order valence-corrected chi connectivity index (χ0v) is 17.7. The molecule has 0 bridgehead atoms. The van der Waals surface area contributed by atoms with Crippen LogP contribution in [0.25, 0.3) is 16.6 Å². The van der Waals surface area contributed by atoms with Crippen LogP contribution in [0.4, 0.5) is 11.5 Å². The summed E-state index contributed by atoms with van der Waals surface area (Å²) in [6.45, 7) is 7.68. The second-order valence-corrected chi connectivity index (χ2v) is 9.47. The molecule has 0 spiro atoms. The highest BCUT2D eigenvalue weighted by Crippen LogP contribution is 2.39. The second kappa shape index (κ2) is 6.57. The molecule has 1 fully saturated rings. The van der Waals surface area contributed by atoms with Gasteiger partial charge in [0.1, 0.15) is 0 Å². The molecule has 0 radical (unpaired) electrons. The summed E-state index contributed by atoms with van der Waals surface area (Å²) in [7, 11) is 0. The van der Waals surface area contributed by atoms with E-state index in [1.807, 2.05) is 17.7 Å². The molecule has 1 aliphatic carbocycles. The molecule has 2 aromatic heterocycles. The van der Waals surface area contributed by atoms with E-state index in [2.05, 4.69) is 35.0 Å². The monoisotopic (exact) mass is 408 g/mol. The molecule has 30 heavy (non-hydrogen) atoms. The molecule has 2 aliphatic rings. The van der Waals surface area contributed by atoms with E-state index in [-0.39, 0.29) is 17.3 Å². The number of hydrogen-bond acceptors (Lipinski definition) is 6. The Hall–Kier alpha value is -2.87. The largest absolute Gasteiger partial charge is 0.393 e. The van der Waals surface area contributed by atoms with E-state index in [0.29, 0.717) is 12.2 Å². The van der Waals surface area contributed by atoms with Crippen molar-refractivity contribution < 1.29 is 9.90 Å². The fourth-order valence-electron chi connectivity index (χ4n) is 4.98. The van der Waals surface area contributed by atoms with Crippen LogP contribution < -0.4 is 10.6 Å². The van der Waals surface area contributed by atoms with Gasteiger partial charge in [0.25, 0.3) is 0 Å². The van der Waals surface area contributed by atoms with Crippen molar-refractivity contribution in [1.82, 2.24) is 20.0 Å². The van der Waals surface area contributed by atoms with Gasteiger partial charge in [-0.2, -0.15) is 10.2 Å². The summed E-state index contributed by atoms with van der Waals surface area (Å²) in [4.78, 5) is 15.1. The average molecular weight is 409 g/mol. The third-order valence-corrected chi connectivity index (χ3v) is 6.42. The number of nitrogens with two attached hydrogens (primary N) is 1. The summed E-state index contributed by atoms with van der Waals surface area (Å²) in [5.41, 5.74) is 11.3. The number of aryl methyl sites for hydroxylation is 1. The number of aromatic amines is 1. The first kappa shape index (κ1) is 19.1. The number of hydrogen-bond donors (Lipinski definition) is 3. The first-order chi connectivity index (χ1) is 14.2. The van der Waals surface area contributed by atoms with E-state index in [4.69, 9.17) is 10.8 Å². The number of benzene rings is 1. The van der Waals surface area contributed by atoms with Gasteiger partial charge in [0, 0.05) is 19.5 Å². The van der Waals surface area contributed by atoms with Crippen molar-refractivity contribution in [2.75, 3.05) is 23.7 Å². The normalized spacial score (nSPS) is 19.5. The van der Waals surface area contributed by atoms with Crippen molar-refractivity contribution in [3.8, 4) is 5.69 Å². The summed E-state index contributed by atoms with van der Waals surface area (Å²) in [6.07, 6.45) is 2.54. The number of carbonyl (C=O) groups is 1. The molecule has 5 rings (SSSR count). The van der Waals surface area contributed by atoms with Crippen LogP contribution in [0.2, 0.25) is 0 Å². The van der Waals surface area contributed by atoms with E-state index in [1.165, 1.54) is 0 Å². The minimum atomic E-state index is -0.254. The zero-order chi connectivity index (χ0) is 21.2. The molecule has 0 saturated carbocycles. The molecule has 0 atom stereocenters. The van der Waals surface area contributed by atoms with E-state index in [9.17, 15) is 9.90 Å². The molecular formula is C22H28N6O2. The maximum absolute atomic E-state index is 12.8. The topological polar surface area (TPSA) is 113 Å². The van der Waals surface area contributed by atoms with Crippen molar-refractivity contribution in [2.24, 2.45) is 5.41 Å². The number of fused-ring (bicyclic) bond motifs is 2. The smallest absolute Gasteiger partial charge is 0.167 e. The molecular weight excluding hydrogens is 380 g/mol. The number of aromatic nitrogens is 4. The number of anilines is 2. The van der Waals surface area contributed by atoms with Crippen LogP contribution in [-0.4, -0.2) is 50.1 Å². The van der Waals surface area contributed by atoms with Gasteiger partial charge in [0.2, 0.25) is 0 Å². The summed E-state index contributed by atoms with van der Waals surface area (Å²) >= 11 is 0. The van der Waals surface area contributed by atoms with Gasteiger partial charge >= 0.3 is 0 Å². The van der Waals surface area contributed by atoms with Gasteiger partial charge in [-0.1, -0.05) is 13.8 Å². The fourth-order valence-corrected chi connectivity index (χ4v) is 4.98. The van der Waals surface area contributed by atoms with E-state index < -0.39 is 0 Å². The van der Waals surface area contributed by atoms with Crippen molar-refractivity contribution in [3.63, 3.8) is 0 Å². The lowest BCUT2D eigenvalue weighted by atomic mass is 9.75. The molecule has 1 aromatic carbocycles. The van der Waals surface area contributed by atoms with Crippen molar-refractivity contribution in [2.45, 2.75) is 52.6 Å². The van der Waals surface area contributed by atoms with Crippen LogP contribution >= 0.6 is 0 Å². The number of nitrogens with one attached hydrogen (secondary N) is 1. The Labute approximate surface area is 175 Å². The number of aliphatic hydroxyl groups is 1. The lowest BCUT2D eigenvalue weighted by Crippen LogP contribution is -2.36. The molecule has 3 aromatic rings. The third-order valence-electron chi connectivity index (χ3n) is 6.42. The molecule has 4 N–H and O–H groups in total. The highest BCUT2D eigenvalue weighted by molar-refractivity contribution is 6.02. The Bertz CT molecular complexity index is 1150. The molecule has 0 amide bonds. The van der Waals surface area contributed by atoms with Gasteiger partial charge in [-0.25, -0.2) is 4.68 Å². The van der Waals surface area contributed by atoms with Gasteiger partial charge in [-0.3, -0.25) is 9.89 Å². The van der Waals surface area contributed by atoms with Gasteiger partial charge in [-0.15, -0.1) is 0 Å². The number of Topliss-reactive ketones (excluding diaryl/α,β-unsaturated/α-hetero) is 1. The predicted molar refractivity (Wildman–Crippen MR) is 116 cm³/mol. The van der Waals surface area contributed by atoms with Crippen molar-refractivity contribution in [1.29, 1.82) is 0 Å². The Balaban J connectivity index is 1.68. The molecule has 8 heteroatoms. The molecule has 1 saturated heterocycles. The number of nitrogen functional groups attached to an aromatic ring is 1. The molecule has 3 heterocycles. The Kier molecular flexibility index (Phi) is 4.18. The Morgan fingerprint density at radius 3 is 2.70 bits per heavy atom. The van der Waals surface area contributed by atoms with Crippen LogP contribution in [0.3, 0.4) is 0 Å². The van der Waals surface area contributed by atoms with Crippen molar-refractivity contribution >= 4 is 28.2 Å². The van der Waals surface area contributed by atoms with Crippen LogP contribution in [0.1, 0.15) is 54.9 Å². The van der Waals surface area contributed by atoms with Crippen LogP contribution in [0.15, 0.2) is 12.1 Å². The lowest BCUT2D eigenvalue weighted by molar-refractivity contribution is 0.0910. The maximum Gasteiger partial charge on any atom is 0.167 e. The summed E-state index contributed by atoms with van der Waals surface area (Å²) in [5.74, 6) is 0.634. The first-order valence-corrected chi connectivity index (χ1v) is 10.6. The highest BCUT2D eigenvalue weighted by Gasteiger charge is 2.36. The van der Waals surface area contributed by atoms with Gasteiger partial charge in [0.05, 0.1) is 45.3 Å². The van der Waals surface area contributed by atoms with Gasteiger partial charge in [-0.05, 0) is 43.7 Å². The van der Waals surface area contributed by atoms with Crippen LogP contribution in [0, 0.1) is 12.3 Å². The SMILES string of the molecule is Cc1nn(-c2cc(N3CCC(O)CC3)c3c(N)n[nH]c3c2)c2c1C(=O)CC(C)(C)C2. The minimum Gasteiger partial charge on any atom is -0.393 e. The number of nitrogens with zero attached hydrogens (tertiary/aromatic N) is 4. The van der Waals surface area contributed by atoms with E-state index in [0.717, 1.165) is 71.6 Å².